The third-order valence-corrected chi connectivity index (χ3v) is 5.28. The van der Waals surface area contributed by atoms with Crippen molar-refractivity contribution in [3.05, 3.63) is 47.1 Å². The van der Waals surface area contributed by atoms with Crippen molar-refractivity contribution < 1.29 is 14.3 Å². The summed E-state index contributed by atoms with van der Waals surface area (Å²) in [4.78, 5) is 13.0. The molecule has 0 atom stereocenters. The number of methoxy groups -OCH3 is 1. The molecule has 8 heteroatoms. The second kappa shape index (κ2) is 8.91. The SMILES string of the molecule is CCC(CC)Oc1ccc2nn(CC(=O)c3cc(OC)cc(C(C)(C)C)c3)c(=N)n2n1. The van der Waals surface area contributed by atoms with Crippen LogP contribution in [0.15, 0.2) is 30.3 Å². The van der Waals surface area contributed by atoms with Crippen LogP contribution in [0.4, 0.5) is 0 Å². The van der Waals surface area contributed by atoms with E-state index < -0.39 is 0 Å². The molecule has 1 aromatic carbocycles. The lowest BCUT2D eigenvalue weighted by molar-refractivity contribution is 0.0965. The number of ketones is 1. The molecule has 0 saturated carbocycles. The van der Waals surface area contributed by atoms with Crippen LogP contribution >= 0.6 is 0 Å². The van der Waals surface area contributed by atoms with Gasteiger partial charge in [0.25, 0.3) is 0 Å². The minimum absolute atomic E-state index is 0.0114. The van der Waals surface area contributed by atoms with Crippen LogP contribution in [0.1, 0.15) is 63.4 Å². The summed E-state index contributed by atoms with van der Waals surface area (Å²) in [6, 6.07) is 9.02. The van der Waals surface area contributed by atoms with Gasteiger partial charge in [-0.1, -0.05) is 34.6 Å². The Morgan fingerprint density at radius 3 is 2.45 bits per heavy atom. The maximum absolute atomic E-state index is 13.0. The Labute approximate surface area is 182 Å². The zero-order chi connectivity index (χ0) is 22.8. The van der Waals surface area contributed by atoms with Crippen LogP contribution in [0.3, 0.4) is 0 Å². The summed E-state index contributed by atoms with van der Waals surface area (Å²) >= 11 is 0. The fourth-order valence-electron chi connectivity index (χ4n) is 3.25. The van der Waals surface area contributed by atoms with Crippen molar-refractivity contribution in [3.63, 3.8) is 0 Å². The highest BCUT2D eigenvalue weighted by Crippen LogP contribution is 2.28. The number of benzene rings is 1. The second-order valence-corrected chi connectivity index (χ2v) is 8.60. The standard InChI is InChI=1S/C23H31N5O3/c1-7-17(8-2)31-21-10-9-20-25-27(22(24)28(20)26-21)14-19(29)15-11-16(23(3,4)5)13-18(12-15)30-6/h9-13,17,24H,7-8,14H2,1-6H3. The quantitative estimate of drug-likeness (QED) is 0.555. The Morgan fingerprint density at radius 1 is 1.13 bits per heavy atom. The van der Waals surface area contributed by atoms with Crippen molar-refractivity contribution in [2.75, 3.05) is 7.11 Å². The van der Waals surface area contributed by atoms with Gasteiger partial charge in [0.1, 0.15) is 12.3 Å². The van der Waals surface area contributed by atoms with Gasteiger partial charge in [-0.15, -0.1) is 10.2 Å². The molecule has 0 radical (unpaired) electrons. The first kappa shape index (κ1) is 22.5. The average Bonchev–Trinajstić information content (AvgIpc) is 3.05. The van der Waals surface area contributed by atoms with Gasteiger partial charge in [-0.25, -0.2) is 4.68 Å². The number of aromatic nitrogens is 4. The topological polar surface area (TPSA) is 94.5 Å². The summed E-state index contributed by atoms with van der Waals surface area (Å²) in [5, 5.41) is 17.2. The van der Waals surface area contributed by atoms with Crippen molar-refractivity contribution in [2.24, 2.45) is 0 Å². The Bertz CT molecular complexity index is 1140. The molecule has 0 fully saturated rings. The van der Waals surface area contributed by atoms with Gasteiger partial charge in [0, 0.05) is 11.6 Å². The van der Waals surface area contributed by atoms with Gasteiger partial charge in [-0.3, -0.25) is 10.2 Å². The summed E-state index contributed by atoms with van der Waals surface area (Å²) in [5.74, 6) is 0.916. The Morgan fingerprint density at radius 2 is 1.84 bits per heavy atom. The van der Waals surface area contributed by atoms with E-state index in [2.05, 4.69) is 44.8 Å². The van der Waals surface area contributed by atoms with Crippen molar-refractivity contribution in [3.8, 4) is 11.6 Å². The van der Waals surface area contributed by atoms with E-state index >= 15 is 0 Å². The van der Waals surface area contributed by atoms with Gasteiger partial charge in [0.15, 0.2) is 11.4 Å². The largest absolute Gasteiger partial charge is 0.497 e. The first-order valence-electron chi connectivity index (χ1n) is 10.6. The number of rotatable bonds is 8. The van der Waals surface area contributed by atoms with Crippen LogP contribution in [0, 0.1) is 5.41 Å². The molecule has 31 heavy (non-hydrogen) atoms. The van der Waals surface area contributed by atoms with E-state index in [-0.39, 0.29) is 29.5 Å². The van der Waals surface area contributed by atoms with E-state index in [1.807, 2.05) is 12.1 Å². The summed E-state index contributed by atoms with van der Waals surface area (Å²) in [6.45, 7) is 10.3. The molecule has 8 nitrogen and oxygen atoms in total. The molecule has 1 N–H and O–H groups in total. The first-order chi connectivity index (χ1) is 14.7. The van der Waals surface area contributed by atoms with Gasteiger partial charge < -0.3 is 9.47 Å². The van der Waals surface area contributed by atoms with Crippen LogP contribution in [0.5, 0.6) is 11.6 Å². The summed E-state index contributed by atoms with van der Waals surface area (Å²) in [5.41, 5.74) is 1.90. The van der Waals surface area contributed by atoms with Crippen molar-refractivity contribution in [1.82, 2.24) is 19.4 Å². The van der Waals surface area contributed by atoms with E-state index in [0.29, 0.717) is 22.8 Å². The van der Waals surface area contributed by atoms with Crippen LogP contribution in [-0.4, -0.2) is 38.4 Å². The number of nitrogens with one attached hydrogen (secondary N) is 1. The third kappa shape index (κ3) is 4.95. The highest BCUT2D eigenvalue weighted by molar-refractivity contribution is 5.96. The predicted molar refractivity (Wildman–Crippen MR) is 118 cm³/mol. The number of carbonyl (C=O) groups excluding carboxylic acids is 1. The van der Waals surface area contributed by atoms with Gasteiger partial charge in [-0.05, 0) is 48.1 Å². The number of ether oxygens (including phenoxy) is 2. The normalized spacial score (nSPS) is 11.8. The van der Waals surface area contributed by atoms with E-state index in [1.165, 1.54) is 9.20 Å². The van der Waals surface area contributed by atoms with E-state index in [0.717, 1.165) is 18.4 Å². The molecule has 0 spiro atoms. The molecular formula is C23H31N5O3. The third-order valence-electron chi connectivity index (χ3n) is 5.28. The fraction of sp³-hybridized carbons (Fsp3) is 0.478. The maximum Gasteiger partial charge on any atom is 0.242 e. The Kier molecular flexibility index (Phi) is 6.48. The molecule has 2 heterocycles. The number of hydrogen-bond donors (Lipinski definition) is 1. The van der Waals surface area contributed by atoms with Crippen LogP contribution in [0.25, 0.3) is 5.65 Å². The van der Waals surface area contributed by atoms with E-state index in [9.17, 15) is 4.79 Å². The van der Waals surface area contributed by atoms with Gasteiger partial charge >= 0.3 is 0 Å². The fourth-order valence-corrected chi connectivity index (χ4v) is 3.25. The van der Waals surface area contributed by atoms with Gasteiger partial charge in [-0.2, -0.15) is 4.52 Å². The number of Topliss-reactive ketones (excluding diaryl/α,β-unsaturated/α-hetero) is 1. The minimum atomic E-state index is -0.153. The van der Waals surface area contributed by atoms with Gasteiger partial charge in [0.2, 0.25) is 11.5 Å². The predicted octanol–water partition coefficient (Wildman–Crippen LogP) is 3.77. The monoisotopic (exact) mass is 425 g/mol. The first-order valence-corrected chi connectivity index (χ1v) is 10.6. The summed E-state index contributed by atoms with van der Waals surface area (Å²) in [7, 11) is 1.59. The molecule has 0 aliphatic rings. The van der Waals surface area contributed by atoms with Crippen LogP contribution in [0.2, 0.25) is 0 Å². The molecule has 3 aromatic rings. The lowest BCUT2D eigenvalue weighted by Crippen LogP contribution is -2.26. The Hall–Kier alpha value is -3.16. The highest BCUT2D eigenvalue weighted by Gasteiger charge is 2.19. The molecule has 0 saturated heterocycles. The molecular weight excluding hydrogens is 394 g/mol. The van der Waals surface area contributed by atoms with E-state index in [4.69, 9.17) is 14.9 Å². The zero-order valence-electron chi connectivity index (χ0n) is 19.1. The maximum atomic E-state index is 13.0. The summed E-state index contributed by atoms with van der Waals surface area (Å²) < 4.78 is 14.0. The number of hydrogen-bond acceptors (Lipinski definition) is 6. The van der Waals surface area contributed by atoms with Crippen LogP contribution < -0.4 is 15.1 Å². The highest BCUT2D eigenvalue weighted by atomic mass is 16.5. The number of fused-ring (bicyclic) bond motifs is 1. The smallest absolute Gasteiger partial charge is 0.242 e. The van der Waals surface area contributed by atoms with Crippen molar-refractivity contribution >= 4 is 11.4 Å². The molecule has 166 valence electrons. The molecule has 2 aromatic heterocycles. The number of carbonyl (C=O) groups is 1. The van der Waals surface area contributed by atoms with E-state index in [1.54, 1.807) is 25.3 Å². The zero-order valence-corrected chi connectivity index (χ0v) is 19.1. The van der Waals surface area contributed by atoms with Crippen molar-refractivity contribution in [2.45, 2.75) is 65.5 Å². The molecule has 0 bridgehead atoms. The lowest BCUT2D eigenvalue weighted by atomic mass is 9.85. The molecule has 0 aliphatic carbocycles. The van der Waals surface area contributed by atoms with Gasteiger partial charge in [0.05, 0.1) is 13.2 Å². The average molecular weight is 426 g/mol. The minimum Gasteiger partial charge on any atom is -0.497 e. The summed E-state index contributed by atoms with van der Waals surface area (Å²) in [6.07, 6.45) is 1.82. The van der Waals surface area contributed by atoms with Crippen LogP contribution in [-0.2, 0) is 12.0 Å². The molecule has 3 rings (SSSR count). The lowest BCUT2D eigenvalue weighted by Gasteiger charge is -2.20. The van der Waals surface area contributed by atoms with Crippen molar-refractivity contribution in [1.29, 1.82) is 5.41 Å². The molecule has 0 amide bonds. The molecule has 0 aliphatic heterocycles. The molecule has 0 unspecified atom stereocenters. The Balaban J connectivity index is 1.90. The number of nitrogens with zero attached hydrogens (tertiary/aromatic N) is 4. The second-order valence-electron chi connectivity index (χ2n) is 8.60.